The number of carbonyl (C=O) groups is 1. The number of benzene rings is 1. The van der Waals surface area contributed by atoms with Gasteiger partial charge in [0.1, 0.15) is 0 Å². The lowest BCUT2D eigenvalue weighted by molar-refractivity contribution is 0.109. The summed E-state index contributed by atoms with van der Waals surface area (Å²) in [6.07, 6.45) is 2.89. The lowest BCUT2D eigenvalue weighted by atomic mass is 9.86. The molecule has 0 spiro atoms. The molecule has 1 aromatic rings. The zero-order valence-electron chi connectivity index (χ0n) is 12.1. The second kappa shape index (κ2) is 6.27. The molecule has 0 bridgehead atoms. The molecule has 110 valence electrons. The Morgan fingerprint density at radius 2 is 2.15 bits per heavy atom. The summed E-state index contributed by atoms with van der Waals surface area (Å²) in [6, 6.07) is 10.1. The van der Waals surface area contributed by atoms with E-state index >= 15 is 0 Å². The van der Waals surface area contributed by atoms with Crippen LogP contribution in [0.2, 0.25) is 0 Å². The van der Waals surface area contributed by atoms with Gasteiger partial charge in [0, 0.05) is 12.1 Å². The Hall–Kier alpha value is -1.55. The van der Waals surface area contributed by atoms with Crippen molar-refractivity contribution in [1.29, 1.82) is 0 Å². The van der Waals surface area contributed by atoms with Gasteiger partial charge < -0.3 is 15.7 Å². The maximum Gasteiger partial charge on any atom is 0.407 e. The van der Waals surface area contributed by atoms with Crippen LogP contribution in [-0.2, 0) is 6.42 Å². The summed E-state index contributed by atoms with van der Waals surface area (Å²) in [5, 5.41) is 9.47. The number of hydrogen-bond donors (Lipinski definition) is 2. The molecule has 2 rings (SSSR count). The van der Waals surface area contributed by atoms with Gasteiger partial charge in [0.25, 0.3) is 0 Å². The van der Waals surface area contributed by atoms with E-state index in [1.54, 1.807) is 4.90 Å². The molecule has 0 aromatic heterocycles. The lowest BCUT2D eigenvalue weighted by Gasteiger charge is -2.33. The van der Waals surface area contributed by atoms with Crippen LogP contribution in [0.4, 0.5) is 4.79 Å². The second-order valence-corrected chi connectivity index (χ2v) is 6.05. The Morgan fingerprint density at radius 1 is 1.45 bits per heavy atom. The van der Waals surface area contributed by atoms with E-state index < -0.39 is 6.09 Å². The first-order valence-electron chi connectivity index (χ1n) is 7.30. The summed E-state index contributed by atoms with van der Waals surface area (Å²) in [7, 11) is 0. The van der Waals surface area contributed by atoms with E-state index in [0.717, 1.165) is 25.7 Å². The van der Waals surface area contributed by atoms with E-state index in [4.69, 9.17) is 5.73 Å². The fourth-order valence-corrected chi connectivity index (χ4v) is 3.39. The van der Waals surface area contributed by atoms with Gasteiger partial charge in [-0.1, -0.05) is 30.3 Å². The summed E-state index contributed by atoms with van der Waals surface area (Å²) in [5.41, 5.74) is 6.46. The van der Waals surface area contributed by atoms with Crippen LogP contribution >= 0.6 is 0 Å². The molecule has 1 aliphatic rings. The molecule has 1 fully saturated rings. The van der Waals surface area contributed by atoms with Crippen LogP contribution in [-0.4, -0.2) is 34.7 Å². The minimum Gasteiger partial charge on any atom is -0.465 e. The predicted octanol–water partition coefficient (Wildman–Crippen LogP) is 2.73. The quantitative estimate of drug-likeness (QED) is 0.869. The molecular weight excluding hydrogens is 252 g/mol. The molecule has 1 aromatic carbocycles. The van der Waals surface area contributed by atoms with Crippen molar-refractivity contribution in [3.63, 3.8) is 0 Å². The summed E-state index contributed by atoms with van der Waals surface area (Å²) in [4.78, 5) is 13.2. The molecule has 4 nitrogen and oxygen atoms in total. The van der Waals surface area contributed by atoms with Crippen molar-refractivity contribution in [3.8, 4) is 0 Å². The zero-order valence-corrected chi connectivity index (χ0v) is 12.1. The van der Waals surface area contributed by atoms with Gasteiger partial charge in [0.2, 0.25) is 0 Å². The molecule has 4 heteroatoms. The summed E-state index contributed by atoms with van der Waals surface area (Å²) in [6.45, 7) is 3.38. The second-order valence-electron chi connectivity index (χ2n) is 6.05. The number of nitrogens with zero attached hydrogens (tertiary/aromatic N) is 1. The van der Waals surface area contributed by atoms with Gasteiger partial charge in [-0.25, -0.2) is 4.79 Å². The Morgan fingerprint density at radius 3 is 2.75 bits per heavy atom. The number of amides is 1. The van der Waals surface area contributed by atoms with Crippen molar-refractivity contribution in [2.75, 3.05) is 13.1 Å². The molecule has 2 atom stereocenters. The normalized spacial score (nSPS) is 25.9. The van der Waals surface area contributed by atoms with Gasteiger partial charge in [-0.05, 0) is 50.6 Å². The molecule has 0 saturated carbocycles. The molecule has 0 radical (unpaired) electrons. The van der Waals surface area contributed by atoms with Gasteiger partial charge in [-0.3, -0.25) is 0 Å². The van der Waals surface area contributed by atoms with E-state index in [9.17, 15) is 9.90 Å². The van der Waals surface area contributed by atoms with E-state index in [-0.39, 0.29) is 5.54 Å². The van der Waals surface area contributed by atoms with Crippen molar-refractivity contribution in [3.05, 3.63) is 35.9 Å². The minimum atomic E-state index is -0.807. The van der Waals surface area contributed by atoms with Crippen molar-refractivity contribution < 1.29 is 9.90 Å². The van der Waals surface area contributed by atoms with Gasteiger partial charge in [-0.2, -0.15) is 0 Å². The zero-order chi connectivity index (χ0) is 14.6. The van der Waals surface area contributed by atoms with E-state index in [1.165, 1.54) is 5.56 Å². The summed E-state index contributed by atoms with van der Waals surface area (Å²) in [5.74, 6) is 0.434. The number of likely N-dealkylation sites (tertiary alicyclic amines) is 1. The largest absolute Gasteiger partial charge is 0.465 e. The molecule has 1 saturated heterocycles. The highest BCUT2D eigenvalue weighted by Crippen LogP contribution is 2.37. The Bertz CT molecular complexity index is 449. The summed E-state index contributed by atoms with van der Waals surface area (Å²) < 4.78 is 0. The molecule has 20 heavy (non-hydrogen) atoms. The third-order valence-corrected chi connectivity index (χ3v) is 4.30. The van der Waals surface area contributed by atoms with Crippen LogP contribution in [0, 0.1) is 5.92 Å². The highest BCUT2D eigenvalue weighted by atomic mass is 16.4. The van der Waals surface area contributed by atoms with E-state index in [1.807, 2.05) is 18.2 Å². The topological polar surface area (TPSA) is 66.6 Å². The van der Waals surface area contributed by atoms with Gasteiger partial charge in [-0.15, -0.1) is 0 Å². The molecular formula is C16H24N2O2. The van der Waals surface area contributed by atoms with Crippen LogP contribution in [0.25, 0.3) is 0 Å². The highest BCUT2D eigenvalue weighted by molar-refractivity contribution is 5.66. The minimum absolute atomic E-state index is 0.299. The van der Waals surface area contributed by atoms with Gasteiger partial charge >= 0.3 is 6.09 Å². The third-order valence-electron chi connectivity index (χ3n) is 4.30. The van der Waals surface area contributed by atoms with Crippen LogP contribution in [0.15, 0.2) is 30.3 Å². The number of carboxylic acid groups (broad SMARTS) is 1. The lowest BCUT2D eigenvalue weighted by Crippen LogP contribution is -2.45. The molecule has 1 aliphatic heterocycles. The first kappa shape index (κ1) is 14.9. The maximum absolute atomic E-state index is 11.5. The Labute approximate surface area is 120 Å². The fraction of sp³-hybridized carbons (Fsp3) is 0.562. The van der Waals surface area contributed by atoms with Crippen LogP contribution in [0.1, 0.15) is 31.7 Å². The first-order chi connectivity index (χ1) is 9.55. The SMILES string of the molecule is CC1(Cc2ccccc2)CC(CCCN)CN1C(=O)O. The van der Waals surface area contributed by atoms with Crippen LogP contribution < -0.4 is 5.73 Å². The summed E-state index contributed by atoms with van der Waals surface area (Å²) >= 11 is 0. The number of rotatable bonds is 5. The Balaban J connectivity index is 2.11. The van der Waals surface area contributed by atoms with Crippen molar-refractivity contribution in [2.45, 2.75) is 38.1 Å². The van der Waals surface area contributed by atoms with Crippen LogP contribution in [0.3, 0.4) is 0 Å². The smallest absolute Gasteiger partial charge is 0.407 e. The molecule has 1 heterocycles. The van der Waals surface area contributed by atoms with Crippen molar-refractivity contribution in [2.24, 2.45) is 11.7 Å². The third kappa shape index (κ3) is 3.31. The van der Waals surface area contributed by atoms with Crippen LogP contribution in [0.5, 0.6) is 0 Å². The van der Waals surface area contributed by atoms with Crippen molar-refractivity contribution in [1.82, 2.24) is 4.90 Å². The number of nitrogens with two attached hydrogens (primary N) is 1. The average molecular weight is 276 g/mol. The van der Waals surface area contributed by atoms with E-state index in [0.29, 0.717) is 19.0 Å². The fourth-order valence-electron chi connectivity index (χ4n) is 3.39. The predicted molar refractivity (Wildman–Crippen MR) is 79.7 cm³/mol. The standard InChI is InChI=1S/C16H24N2O2/c1-16(10-13-6-3-2-4-7-13)11-14(8-5-9-17)12-18(16)15(19)20/h2-4,6-7,14H,5,8-12,17H2,1H3,(H,19,20). The average Bonchev–Trinajstić information content (AvgIpc) is 2.74. The molecule has 0 aliphatic carbocycles. The van der Waals surface area contributed by atoms with Gasteiger partial charge in [0.15, 0.2) is 0 Å². The molecule has 1 amide bonds. The Kier molecular flexibility index (Phi) is 4.65. The van der Waals surface area contributed by atoms with E-state index in [2.05, 4.69) is 19.1 Å². The molecule has 3 N–H and O–H groups in total. The highest BCUT2D eigenvalue weighted by Gasteiger charge is 2.44. The van der Waals surface area contributed by atoms with Crippen molar-refractivity contribution >= 4 is 6.09 Å². The molecule has 2 unspecified atom stereocenters. The monoisotopic (exact) mass is 276 g/mol. The van der Waals surface area contributed by atoms with Gasteiger partial charge in [0.05, 0.1) is 0 Å². The first-order valence-corrected chi connectivity index (χ1v) is 7.30. The maximum atomic E-state index is 11.5. The number of hydrogen-bond acceptors (Lipinski definition) is 2.